The molecule has 2 nitrogen and oxygen atoms in total. The number of nitrogens with zero attached hydrogens (tertiary/aromatic N) is 1. The van der Waals surface area contributed by atoms with Crippen LogP contribution in [0, 0.1) is 6.92 Å². The van der Waals surface area contributed by atoms with E-state index in [0.29, 0.717) is 6.04 Å². The maximum atomic E-state index is 5.98. The number of rotatable bonds is 2. The molecule has 1 fully saturated rings. The molecule has 0 amide bonds. The van der Waals surface area contributed by atoms with Crippen LogP contribution in [0.25, 0.3) is 0 Å². The monoisotopic (exact) mass is 261 g/mol. The van der Waals surface area contributed by atoms with Crippen LogP contribution < -0.4 is 4.74 Å². The molecule has 96 valence electrons. The molecular weight excluding hydrogens is 242 g/mol. The van der Waals surface area contributed by atoms with Gasteiger partial charge in [0.15, 0.2) is 5.09 Å². The van der Waals surface area contributed by atoms with Crippen molar-refractivity contribution in [3.05, 3.63) is 40.5 Å². The van der Waals surface area contributed by atoms with E-state index in [2.05, 4.69) is 42.4 Å². The summed E-state index contributed by atoms with van der Waals surface area (Å²) in [6.45, 7) is 5.59. The van der Waals surface area contributed by atoms with Gasteiger partial charge in [0.1, 0.15) is 5.75 Å². The van der Waals surface area contributed by atoms with E-state index in [1.54, 1.807) is 11.9 Å². The van der Waals surface area contributed by atoms with E-state index >= 15 is 0 Å². The molecule has 0 bridgehead atoms. The maximum Gasteiger partial charge on any atom is 0.172 e. The van der Waals surface area contributed by atoms with Gasteiger partial charge in [-0.05, 0) is 62.8 Å². The molecule has 0 aromatic heterocycles. The fraction of sp³-hybridized carbons (Fsp3) is 0.467. The molecule has 0 N–H and O–H groups in total. The van der Waals surface area contributed by atoms with Crippen LogP contribution in [-0.4, -0.2) is 16.9 Å². The average Bonchev–Trinajstić information content (AvgIpc) is 2.75. The zero-order valence-corrected chi connectivity index (χ0v) is 11.8. The van der Waals surface area contributed by atoms with Crippen LogP contribution in [0.4, 0.5) is 0 Å². The lowest BCUT2D eigenvalue weighted by atomic mass is 10.1. The summed E-state index contributed by atoms with van der Waals surface area (Å²) in [5.41, 5.74) is 2.60. The van der Waals surface area contributed by atoms with Gasteiger partial charge in [0.25, 0.3) is 0 Å². The van der Waals surface area contributed by atoms with Crippen LogP contribution in [0.2, 0.25) is 0 Å². The molecule has 1 aromatic rings. The van der Waals surface area contributed by atoms with Gasteiger partial charge in [-0.3, -0.25) is 0 Å². The minimum atomic E-state index is 0.666. The average molecular weight is 261 g/mol. The summed E-state index contributed by atoms with van der Waals surface area (Å²) in [5.74, 6) is 1.03. The van der Waals surface area contributed by atoms with Gasteiger partial charge in [0.05, 0.1) is 0 Å². The number of hydrogen-bond acceptors (Lipinski definition) is 3. The molecule has 1 aromatic carbocycles. The number of fused-ring (bicyclic) bond motifs is 1. The van der Waals surface area contributed by atoms with Crippen LogP contribution in [0.1, 0.15) is 30.9 Å². The largest absolute Gasteiger partial charge is 0.449 e. The first-order valence-electron chi connectivity index (χ1n) is 6.64. The van der Waals surface area contributed by atoms with Crippen molar-refractivity contribution in [1.29, 1.82) is 0 Å². The molecule has 2 heterocycles. The predicted octanol–water partition coefficient (Wildman–Crippen LogP) is 3.90. The summed E-state index contributed by atoms with van der Waals surface area (Å²) in [6.07, 6.45) is 5.80. The minimum Gasteiger partial charge on any atom is -0.449 e. The Morgan fingerprint density at radius 1 is 1.39 bits per heavy atom. The first-order chi connectivity index (χ1) is 8.72. The van der Waals surface area contributed by atoms with Crippen molar-refractivity contribution in [1.82, 2.24) is 4.31 Å². The van der Waals surface area contributed by atoms with Crippen molar-refractivity contribution in [2.75, 3.05) is 6.54 Å². The van der Waals surface area contributed by atoms with E-state index < -0.39 is 0 Å². The molecular formula is C15H19NOS. The molecule has 18 heavy (non-hydrogen) atoms. The van der Waals surface area contributed by atoms with E-state index in [9.17, 15) is 0 Å². The van der Waals surface area contributed by atoms with Gasteiger partial charge in [-0.25, -0.2) is 4.31 Å². The normalized spacial score (nSPS) is 23.4. The zero-order valence-electron chi connectivity index (χ0n) is 11.0. The van der Waals surface area contributed by atoms with Crippen molar-refractivity contribution in [2.24, 2.45) is 0 Å². The molecule has 2 aliphatic heterocycles. The lowest BCUT2D eigenvalue weighted by molar-refractivity contribution is 0.427. The van der Waals surface area contributed by atoms with Crippen molar-refractivity contribution >= 4 is 11.9 Å². The molecule has 0 saturated carbocycles. The highest BCUT2D eigenvalue weighted by Crippen LogP contribution is 2.36. The Morgan fingerprint density at radius 3 is 3.06 bits per heavy atom. The van der Waals surface area contributed by atoms with Gasteiger partial charge >= 0.3 is 0 Å². The SMILES string of the molecule is Cc1ccc2c(c1)CC=C(SN1CCCC1C)O2. The third kappa shape index (κ3) is 2.43. The third-order valence-corrected chi connectivity index (χ3v) is 4.82. The van der Waals surface area contributed by atoms with Gasteiger partial charge < -0.3 is 4.74 Å². The first-order valence-corrected chi connectivity index (χ1v) is 7.42. The molecule has 1 atom stereocenters. The van der Waals surface area contributed by atoms with Crippen molar-refractivity contribution in [3.63, 3.8) is 0 Å². The Balaban J connectivity index is 1.70. The molecule has 0 aliphatic carbocycles. The predicted molar refractivity (Wildman–Crippen MR) is 76.6 cm³/mol. The highest BCUT2D eigenvalue weighted by atomic mass is 32.2. The Hall–Kier alpha value is -0.930. The second kappa shape index (κ2) is 4.98. The van der Waals surface area contributed by atoms with Gasteiger partial charge in [0, 0.05) is 12.6 Å². The van der Waals surface area contributed by atoms with E-state index in [4.69, 9.17) is 4.74 Å². The number of hydrogen-bond donors (Lipinski definition) is 0. The maximum absolute atomic E-state index is 5.98. The van der Waals surface area contributed by atoms with Gasteiger partial charge in [-0.15, -0.1) is 0 Å². The van der Waals surface area contributed by atoms with E-state index in [1.807, 2.05) is 0 Å². The lowest BCUT2D eigenvalue weighted by Gasteiger charge is -2.24. The quantitative estimate of drug-likeness (QED) is 0.749. The molecule has 1 unspecified atom stereocenters. The number of benzene rings is 1. The Morgan fingerprint density at radius 2 is 2.28 bits per heavy atom. The third-order valence-electron chi connectivity index (χ3n) is 3.61. The minimum absolute atomic E-state index is 0.666. The van der Waals surface area contributed by atoms with Gasteiger partial charge in [-0.1, -0.05) is 17.7 Å². The van der Waals surface area contributed by atoms with Gasteiger partial charge in [-0.2, -0.15) is 0 Å². The van der Waals surface area contributed by atoms with E-state index in [0.717, 1.165) is 17.3 Å². The van der Waals surface area contributed by atoms with Gasteiger partial charge in [0.2, 0.25) is 0 Å². The number of ether oxygens (including phenoxy) is 1. The van der Waals surface area contributed by atoms with Crippen LogP contribution in [0.3, 0.4) is 0 Å². The van der Waals surface area contributed by atoms with Crippen LogP contribution in [0.5, 0.6) is 5.75 Å². The van der Waals surface area contributed by atoms with Crippen LogP contribution in [-0.2, 0) is 6.42 Å². The Bertz CT molecular complexity index is 483. The second-order valence-corrected chi connectivity index (χ2v) is 6.22. The lowest BCUT2D eigenvalue weighted by Crippen LogP contribution is -2.20. The van der Waals surface area contributed by atoms with E-state index in [-0.39, 0.29) is 0 Å². The Kier molecular flexibility index (Phi) is 3.35. The standard InChI is InChI=1S/C15H19NOS/c1-11-5-7-14-13(10-11)6-8-15(17-14)18-16-9-3-4-12(16)2/h5,7-8,10,12H,3-4,6,9H2,1-2H3. The molecule has 0 radical (unpaired) electrons. The highest BCUT2D eigenvalue weighted by Gasteiger charge is 2.24. The molecule has 3 heteroatoms. The summed E-state index contributed by atoms with van der Waals surface area (Å²) in [7, 11) is 0. The number of allylic oxidation sites excluding steroid dienone is 1. The highest BCUT2D eigenvalue weighted by molar-refractivity contribution is 8.00. The first kappa shape index (κ1) is 12.1. The van der Waals surface area contributed by atoms with Crippen molar-refractivity contribution < 1.29 is 4.74 Å². The summed E-state index contributed by atoms with van der Waals surface area (Å²) >= 11 is 1.78. The van der Waals surface area contributed by atoms with Crippen LogP contribution in [0.15, 0.2) is 29.4 Å². The topological polar surface area (TPSA) is 12.5 Å². The van der Waals surface area contributed by atoms with E-state index in [1.165, 1.54) is 30.5 Å². The fourth-order valence-electron chi connectivity index (χ4n) is 2.52. The summed E-state index contributed by atoms with van der Waals surface area (Å²) in [5, 5.41) is 1.04. The van der Waals surface area contributed by atoms with Crippen molar-refractivity contribution in [3.8, 4) is 5.75 Å². The summed E-state index contributed by atoms with van der Waals surface area (Å²) in [6, 6.07) is 7.08. The van der Waals surface area contributed by atoms with Crippen LogP contribution >= 0.6 is 11.9 Å². The number of aryl methyl sites for hydroxylation is 1. The molecule has 1 saturated heterocycles. The smallest absolute Gasteiger partial charge is 0.172 e. The summed E-state index contributed by atoms with van der Waals surface area (Å²) < 4.78 is 8.42. The fourth-order valence-corrected chi connectivity index (χ4v) is 3.55. The second-order valence-electron chi connectivity index (χ2n) is 5.16. The summed E-state index contributed by atoms with van der Waals surface area (Å²) in [4.78, 5) is 0. The Labute approximate surface area is 113 Å². The van der Waals surface area contributed by atoms with Crippen molar-refractivity contribution in [2.45, 2.75) is 39.2 Å². The molecule has 3 rings (SSSR count). The molecule has 2 aliphatic rings. The zero-order chi connectivity index (χ0) is 12.5. The molecule has 0 spiro atoms.